The second-order valence-corrected chi connectivity index (χ2v) is 4.95. The molecular formula is C13H23N3S. The Morgan fingerprint density at radius 2 is 2.06 bits per heavy atom. The van der Waals surface area contributed by atoms with Crippen molar-refractivity contribution in [2.24, 2.45) is 0 Å². The molecular weight excluding hydrogens is 230 g/mol. The Morgan fingerprint density at radius 1 is 1.29 bits per heavy atom. The Kier molecular flexibility index (Phi) is 6.86. The van der Waals surface area contributed by atoms with Gasteiger partial charge in [0.25, 0.3) is 0 Å². The van der Waals surface area contributed by atoms with Crippen LogP contribution in [0.4, 0.5) is 11.6 Å². The predicted molar refractivity (Wildman–Crippen MR) is 79.1 cm³/mol. The van der Waals surface area contributed by atoms with Crippen LogP contribution in [-0.4, -0.2) is 29.6 Å². The second-order valence-electron chi connectivity index (χ2n) is 4.04. The molecule has 4 heteroatoms. The van der Waals surface area contributed by atoms with Crippen molar-refractivity contribution in [3.63, 3.8) is 0 Å². The zero-order valence-corrected chi connectivity index (χ0v) is 11.8. The summed E-state index contributed by atoms with van der Waals surface area (Å²) in [6, 6.07) is 6.58. The Hall–Kier alpha value is -0.900. The maximum atomic E-state index is 4.55. The van der Waals surface area contributed by atoms with Gasteiger partial charge in [-0.25, -0.2) is 4.98 Å². The molecule has 0 saturated heterocycles. The molecule has 2 N–H and O–H groups in total. The number of hydrogen-bond acceptors (Lipinski definition) is 4. The van der Waals surface area contributed by atoms with Gasteiger partial charge < -0.3 is 10.6 Å². The number of aromatic nitrogens is 1. The summed E-state index contributed by atoms with van der Waals surface area (Å²) in [5.41, 5.74) is 0. The Bertz CT molecular complexity index is 317. The van der Waals surface area contributed by atoms with Crippen LogP contribution in [0.5, 0.6) is 0 Å². The van der Waals surface area contributed by atoms with Crippen LogP contribution in [0.3, 0.4) is 0 Å². The number of rotatable bonds is 8. The van der Waals surface area contributed by atoms with Crippen molar-refractivity contribution >= 4 is 23.4 Å². The normalized spacial score (nSPS) is 12.2. The van der Waals surface area contributed by atoms with Gasteiger partial charge in [-0.15, -0.1) is 0 Å². The van der Waals surface area contributed by atoms with E-state index in [-0.39, 0.29) is 0 Å². The molecule has 0 fully saturated rings. The minimum absolute atomic E-state index is 0.499. The summed E-state index contributed by atoms with van der Waals surface area (Å²) in [5, 5.41) is 6.78. The van der Waals surface area contributed by atoms with E-state index in [1.54, 1.807) is 0 Å². The van der Waals surface area contributed by atoms with Crippen molar-refractivity contribution in [1.29, 1.82) is 0 Å². The Morgan fingerprint density at radius 3 is 2.71 bits per heavy atom. The number of pyridine rings is 1. The van der Waals surface area contributed by atoms with Crippen LogP contribution in [0.15, 0.2) is 18.2 Å². The standard InChI is InChI=1S/C13H23N3S/c1-4-9-14-12-7-6-8-13(16-12)15-11(5-2)10-17-3/h6-8,11H,4-5,9-10H2,1-3H3,(H2,14,15,16). The highest BCUT2D eigenvalue weighted by Gasteiger charge is 2.05. The van der Waals surface area contributed by atoms with Gasteiger partial charge in [0.2, 0.25) is 0 Å². The minimum atomic E-state index is 0.499. The molecule has 1 aromatic heterocycles. The Labute approximate surface area is 109 Å². The SMILES string of the molecule is CCCNc1cccc(NC(CC)CSC)n1. The van der Waals surface area contributed by atoms with E-state index in [4.69, 9.17) is 0 Å². The fourth-order valence-corrected chi connectivity index (χ4v) is 2.26. The summed E-state index contributed by atoms with van der Waals surface area (Å²) < 4.78 is 0. The van der Waals surface area contributed by atoms with E-state index in [1.807, 2.05) is 30.0 Å². The molecule has 96 valence electrons. The van der Waals surface area contributed by atoms with Crippen LogP contribution in [0, 0.1) is 0 Å². The second kappa shape index (κ2) is 8.23. The van der Waals surface area contributed by atoms with Gasteiger partial charge >= 0.3 is 0 Å². The van der Waals surface area contributed by atoms with Crippen LogP contribution in [0.2, 0.25) is 0 Å². The molecule has 1 rings (SSSR count). The first-order valence-electron chi connectivity index (χ1n) is 6.26. The van der Waals surface area contributed by atoms with Gasteiger partial charge in [-0.05, 0) is 31.2 Å². The first kappa shape index (κ1) is 14.2. The lowest BCUT2D eigenvalue weighted by Crippen LogP contribution is -2.21. The molecule has 0 amide bonds. The number of nitrogens with zero attached hydrogens (tertiary/aromatic N) is 1. The molecule has 17 heavy (non-hydrogen) atoms. The molecule has 0 aliphatic carbocycles. The number of thioether (sulfide) groups is 1. The molecule has 0 aliphatic rings. The summed E-state index contributed by atoms with van der Waals surface area (Å²) in [7, 11) is 0. The van der Waals surface area contributed by atoms with Gasteiger partial charge in [-0.2, -0.15) is 11.8 Å². The lowest BCUT2D eigenvalue weighted by Gasteiger charge is -2.17. The number of anilines is 2. The van der Waals surface area contributed by atoms with E-state index in [1.165, 1.54) is 0 Å². The summed E-state index contributed by atoms with van der Waals surface area (Å²) >= 11 is 1.87. The predicted octanol–water partition coefficient (Wildman–Crippen LogP) is 3.46. The molecule has 0 aromatic carbocycles. The summed E-state index contributed by atoms with van der Waals surface area (Å²) in [4.78, 5) is 4.55. The van der Waals surface area contributed by atoms with Crippen molar-refractivity contribution in [1.82, 2.24) is 4.98 Å². The maximum absolute atomic E-state index is 4.55. The van der Waals surface area contributed by atoms with Crippen molar-refractivity contribution in [3.8, 4) is 0 Å². The third kappa shape index (κ3) is 5.31. The quantitative estimate of drug-likeness (QED) is 0.744. The van der Waals surface area contributed by atoms with Gasteiger partial charge in [-0.1, -0.05) is 19.9 Å². The molecule has 1 heterocycles. The van der Waals surface area contributed by atoms with Crippen LogP contribution in [0.1, 0.15) is 26.7 Å². The zero-order valence-electron chi connectivity index (χ0n) is 11.0. The number of nitrogens with one attached hydrogen (secondary N) is 2. The van der Waals surface area contributed by atoms with E-state index in [9.17, 15) is 0 Å². The first-order chi connectivity index (χ1) is 8.30. The van der Waals surface area contributed by atoms with Crippen LogP contribution in [-0.2, 0) is 0 Å². The van der Waals surface area contributed by atoms with E-state index in [2.05, 4.69) is 35.7 Å². The lowest BCUT2D eigenvalue weighted by molar-refractivity contribution is 0.770. The van der Waals surface area contributed by atoms with Crippen LogP contribution < -0.4 is 10.6 Å². The van der Waals surface area contributed by atoms with Crippen molar-refractivity contribution in [3.05, 3.63) is 18.2 Å². The van der Waals surface area contributed by atoms with Crippen molar-refractivity contribution < 1.29 is 0 Å². The topological polar surface area (TPSA) is 37.0 Å². The molecule has 1 aromatic rings. The summed E-state index contributed by atoms with van der Waals surface area (Å²) in [6.45, 7) is 5.33. The zero-order chi connectivity index (χ0) is 12.5. The smallest absolute Gasteiger partial charge is 0.128 e. The van der Waals surface area contributed by atoms with Crippen molar-refractivity contribution in [2.75, 3.05) is 29.2 Å². The molecule has 0 saturated carbocycles. The fourth-order valence-electron chi connectivity index (χ4n) is 1.54. The number of hydrogen-bond donors (Lipinski definition) is 2. The van der Waals surface area contributed by atoms with Gasteiger partial charge in [0.15, 0.2) is 0 Å². The molecule has 0 spiro atoms. The lowest BCUT2D eigenvalue weighted by atomic mass is 10.2. The third-order valence-electron chi connectivity index (χ3n) is 2.52. The molecule has 0 aliphatic heterocycles. The van der Waals surface area contributed by atoms with Gasteiger partial charge in [0.1, 0.15) is 11.6 Å². The summed E-state index contributed by atoms with van der Waals surface area (Å²) in [6.07, 6.45) is 4.37. The molecule has 0 radical (unpaired) electrons. The molecule has 1 atom stereocenters. The Balaban J connectivity index is 2.57. The average molecular weight is 253 g/mol. The van der Waals surface area contributed by atoms with Gasteiger partial charge in [-0.3, -0.25) is 0 Å². The van der Waals surface area contributed by atoms with E-state index in [0.717, 1.165) is 36.8 Å². The van der Waals surface area contributed by atoms with Gasteiger partial charge in [0.05, 0.1) is 0 Å². The largest absolute Gasteiger partial charge is 0.370 e. The van der Waals surface area contributed by atoms with Crippen LogP contribution in [0.25, 0.3) is 0 Å². The minimum Gasteiger partial charge on any atom is -0.370 e. The molecule has 3 nitrogen and oxygen atoms in total. The molecule has 1 unspecified atom stereocenters. The van der Waals surface area contributed by atoms with E-state index < -0.39 is 0 Å². The highest BCUT2D eigenvalue weighted by Crippen LogP contribution is 2.13. The highest BCUT2D eigenvalue weighted by molar-refractivity contribution is 7.98. The third-order valence-corrected chi connectivity index (χ3v) is 3.25. The monoisotopic (exact) mass is 253 g/mol. The van der Waals surface area contributed by atoms with Crippen LogP contribution >= 0.6 is 11.8 Å². The molecule has 0 bridgehead atoms. The van der Waals surface area contributed by atoms with Gasteiger partial charge in [0, 0.05) is 18.3 Å². The van der Waals surface area contributed by atoms with E-state index >= 15 is 0 Å². The fraction of sp³-hybridized carbons (Fsp3) is 0.615. The average Bonchev–Trinajstić information content (AvgIpc) is 2.36. The highest BCUT2D eigenvalue weighted by atomic mass is 32.2. The van der Waals surface area contributed by atoms with E-state index in [0.29, 0.717) is 6.04 Å². The summed E-state index contributed by atoms with van der Waals surface area (Å²) in [5.74, 6) is 3.04. The first-order valence-corrected chi connectivity index (χ1v) is 7.65. The van der Waals surface area contributed by atoms with Crippen molar-refractivity contribution in [2.45, 2.75) is 32.7 Å². The maximum Gasteiger partial charge on any atom is 0.128 e.